The zero-order valence-electron chi connectivity index (χ0n) is 17.4. The van der Waals surface area contributed by atoms with Gasteiger partial charge in [0.2, 0.25) is 0 Å². The van der Waals surface area contributed by atoms with Crippen molar-refractivity contribution in [1.29, 1.82) is 0 Å². The Morgan fingerprint density at radius 2 is 1.97 bits per heavy atom. The highest BCUT2D eigenvalue weighted by Gasteiger charge is 2.23. The molecule has 2 N–H and O–H groups in total. The third-order valence-electron chi connectivity index (χ3n) is 5.16. The lowest BCUT2D eigenvalue weighted by molar-refractivity contribution is 0.0977. The third-order valence-corrected chi connectivity index (χ3v) is 5.36. The van der Waals surface area contributed by atoms with Crippen molar-refractivity contribution in [3.63, 3.8) is 0 Å². The van der Waals surface area contributed by atoms with Crippen LogP contribution in [0.25, 0.3) is 11.2 Å². The average molecular weight is 463 g/mol. The minimum absolute atomic E-state index is 0.0941. The molecule has 10 heteroatoms. The molecule has 0 unspecified atom stereocenters. The molecule has 2 aromatic carbocycles. The molecule has 2 heterocycles. The van der Waals surface area contributed by atoms with Crippen LogP contribution in [0.2, 0.25) is 0 Å². The maximum absolute atomic E-state index is 13.3. The monoisotopic (exact) mass is 462 g/mol. The standard InChI is InChI=1S/C23H19FN6O2S/c24-16-3-1-2-15(10-16)21(31)29-23(33)28-17-6-8-18(9-7-17)32-22-19-20(25-12-26-22)30(13-27-19)11-14-4-5-14/h1-3,6-10,12-14H,4-5,11H2,(H2,28,29,31,33). The fraction of sp³-hybridized carbons (Fsp3) is 0.174. The van der Waals surface area contributed by atoms with Crippen molar-refractivity contribution in [3.05, 3.63) is 72.6 Å². The summed E-state index contributed by atoms with van der Waals surface area (Å²) in [5.41, 5.74) is 2.19. The first-order valence-corrected chi connectivity index (χ1v) is 10.8. The molecule has 1 aliphatic rings. The number of nitrogens with one attached hydrogen (secondary N) is 2. The zero-order chi connectivity index (χ0) is 22.8. The molecule has 1 saturated carbocycles. The molecule has 0 saturated heterocycles. The van der Waals surface area contributed by atoms with Crippen LogP contribution in [0.3, 0.4) is 0 Å². The maximum atomic E-state index is 13.3. The van der Waals surface area contributed by atoms with Crippen LogP contribution < -0.4 is 15.4 Å². The van der Waals surface area contributed by atoms with E-state index in [1.807, 2.05) is 4.57 Å². The molecule has 166 valence electrons. The van der Waals surface area contributed by atoms with E-state index < -0.39 is 11.7 Å². The van der Waals surface area contributed by atoms with Crippen LogP contribution in [0.4, 0.5) is 10.1 Å². The number of imidazole rings is 1. The first kappa shape index (κ1) is 21.0. The minimum Gasteiger partial charge on any atom is -0.437 e. The molecule has 1 fully saturated rings. The molecule has 0 radical (unpaired) electrons. The number of fused-ring (bicyclic) bond motifs is 1. The molecule has 33 heavy (non-hydrogen) atoms. The number of nitrogens with zero attached hydrogens (tertiary/aromatic N) is 4. The van der Waals surface area contributed by atoms with E-state index >= 15 is 0 Å². The summed E-state index contributed by atoms with van der Waals surface area (Å²) in [4.78, 5) is 25.2. The largest absolute Gasteiger partial charge is 0.437 e. The average Bonchev–Trinajstić information content (AvgIpc) is 3.53. The SMILES string of the molecule is O=C(NC(=S)Nc1ccc(Oc2ncnc3c2ncn3CC2CC2)cc1)c1cccc(F)c1. The molecule has 0 aliphatic heterocycles. The second kappa shape index (κ2) is 8.91. The number of carbonyl (C=O) groups is 1. The van der Waals surface area contributed by atoms with E-state index in [0.29, 0.717) is 28.8 Å². The number of hydrogen-bond acceptors (Lipinski definition) is 6. The summed E-state index contributed by atoms with van der Waals surface area (Å²) >= 11 is 5.18. The zero-order valence-corrected chi connectivity index (χ0v) is 18.2. The van der Waals surface area contributed by atoms with Gasteiger partial charge in [-0.05, 0) is 73.4 Å². The van der Waals surface area contributed by atoms with Crippen LogP contribution in [0, 0.1) is 11.7 Å². The van der Waals surface area contributed by atoms with Gasteiger partial charge in [0.25, 0.3) is 11.8 Å². The number of rotatable bonds is 6. The Balaban J connectivity index is 1.22. The van der Waals surface area contributed by atoms with Crippen molar-refractivity contribution in [1.82, 2.24) is 24.8 Å². The second-order valence-electron chi connectivity index (χ2n) is 7.74. The van der Waals surface area contributed by atoms with Gasteiger partial charge in [0, 0.05) is 17.8 Å². The summed E-state index contributed by atoms with van der Waals surface area (Å²) in [7, 11) is 0. The number of hydrogen-bond donors (Lipinski definition) is 2. The van der Waals surface area contributed by atoms with Crippen LogP contribution in [0.1, 0.15) is 23.2 Å². The molecule has 0 spiro atoms. The summed E-state index contributed by atoms with van der Waals surface area (Å²) in [5, 5.41) is 5.53. The number of amides is 1. The predicted octanol–water partition coefficient (Wildman–Crippen LogP) is 4.29. The Morgan fingerprint density at radius 3 is 2.73 bits per heavy atom. The highest BCUT2D eigenvalue weighted by molar-refractivity contribution is 7.80. The van der Waals surface area contributed by atoms with Crippen molar-refractivity contribution >= 4 is 40.1 Å². The number of thiocarbonyl (C=S) groups is 1. The smallest absolute Gasteiger partial charge is 0.257 e. The van der Waals surface area contributed by atoms with E-state index in [1.54, 1.807) is 30.6 Å². The van der Waals surface area contributed by atoms with Gasteiger partial charge in [-0.1, -0.05) is 6.07 Å². The Morgan fingerprint density at radius 1 is 1.15 bits per heavy atom. The summed E-state index contributed by atoms with van der Waals surface area (Å²) < 4.78 is 21.3. The summed E-state index contributed by atoms with van der Waals surface area (Å²) in [6.07, 6.45) is 5.73. The molecule has 2 aromatic heterocycles. The molecule has 4 aromatic rings. The van der Waals surface area contributed by atoms with Crippen molar-refractivity contribution in [2.75, 3.05) is 5.32 Å². The number of benzene rings is 2. The van der Waals surface area contributed by atoms with Gasteiger partial charge in [0.15, 0.2) is 16.3 Å². The second-order valence-corrected chi connectivity index (χ2v) is 8.14. The first-order valence-electron chi connectivity index (χ1n) is 10.4. The van der Waals surface area contributed by atoms with Gasteiger partial charge in [-0.25, -0.2) is 14.4 Å². The Bertz CT molecular complexity index is 1340. The van der Waals surface area contributed by atoms with E-state index in [1.165, 1.54) is 37.4 Å². The lowest BCUT2D eigenvalue weighted by Crippen LogP contribution is -2.34. The van der Waals surface area contributed by atoms with Crippen molar-refractivity contribution < 1.29 is 13.9 Å². The van der Waals surface area contributed by atoms with E-state index in [-0.39, 0.29) is 10.7 Å². The molecular weight excluding hydrogens is 443 g/mol. The van der Waals surface area contributed by atoms with Crippen molar-refractivity contribution in [2.45, 2.75) is 19.4 Å². The van der Waals surface area contributed by atoms with Crippen LogP contribution >= 0.6 is 12.2 Å². The minimum atomic E-state index is -0.499. The van der Waals surface area contributed by atoms with Gasteiger partial charge in [-0.2, -0.15) is 4.98 Å². The van der Waals surface area contributed by atoms with Gasteiger partial charge >= 0.3 is 0 Å². The number of anilines is 1. The van der Waals surface area contributed by atoms with Gasteiger partial charge in [-0.3, -0.25) is 10.1 Å². The summed E-state index contributed by atoms with van der Waals surface area (Å²) in [6.45, 7) is 0.906. The van der Waals surface area contributed by atoms with Crippen LogP contribution in [-0.2, 0) is 6.54 Å². The number of halogens is 1. The fourth-order valence-corrected chi connectivity index (χ4v) is 3.54. The lowest BCUT2D eigenvalue weighted by atomic mass is 10.2. The molecule has 0 atom stereocenters. The van der Waals surface area contributed by atoms with Crippen LogP contribution in [0.15, 0.2) is 61.2 Å². The molecule has 1 aliphatic carbocycles. The number of carbonyl (C=O) groups excluding carboxylic acids is 1. The highest BCUT2D eigenvalue weighted by atomic mass is 32.1. The van der Waals surface area contributed by atoms with E-state index in [9.17, 15) is 9.18 Å². The molecule has 1 amide bonds. The number of ether oxygens (including phenoxy) is 1. The quantitative estimate of drug-likeness (QED) is 0.413. The number of aromatic nitrogens is 4. The summed E-state index contributed by atoms with van der Waals surface area (Å²) in [6, 6.07) is 12.4. The highest BCUT2D eigenvalue weighted by Crippen LogP contribution is 2.32. The van der Waals surface area contributed by atoms with E-state index in [0.717, 1.165) is 18.3 Å². The third kappa shape index (κ3) is 4.96. The normalized spacial score (nSPS) is 13.0. The molecule has 0 bridgehead atoms. The fourth-order valence-electron chi connectivity index (χ4n) is 3.33. The Labute approximate surface area is 193 Å². The van der Waals surface area contributed by atoms with Gasteiger partial charge in [0.05, 0.1) is 6.33 Å². The van der Waals surface area contributed by atoms with Crippen LogP contribution in [-0.4, -0.2) is 30.5 Å². The van der Waals surface area contributed by atoms with Gasteiger partial charge in [-0.15, -0.1) is 0 Å². The maximum Gasteiger partial charge on any atom is 0.257 e. The molecular formula is C23H19FN6O2S. The van der Waals surface area contributed by atoms with Gasteiger partial charge in [0.1, 0.15) is 17.9 Å². The van der Waals surface area contributed by atoms with Gasteiger partial charge < -0.3 is 14.6 Å². The van der Waals surface area contributed by atoms with E-state index in [4.69, 9.17) is 17.0 Å². The van der Waals surface area contributed by atoms with Crippen molar-refractivity contribution in [3.8, 4) is 11.6 Å². The lowest BCUT2D eigenvalue weighted by Gasteiger charge is -2.11. The van der Waals surface area contributed by atoms with E-state index in [2.05, 4.69) is 25.6 Å². The summed E-state index contributed by atoms with van der Waals surface area (Å²) in [5.74, 6) is 0.653. The molecule has 5 rings (SSSR count). The Hall–Kier alpha value is -3.92. The Kier molecular flexibility index (Phi) is 5.66. The van der Waals surface area contributed by atoms with Crippen molar-refractivity contribution in [2.24, 2.45) is 5.92 Å². The van der Waals surface area contributed by atoms with Crippen LogP contribution in [0.5, 0.6) is 11.6 Å². The first-order chi connectivity index (χ1) is 16.0. The molecule has 8 nitrogen and oxygen atoms in total. The topological polar surface area (TPSA) is 94.0 Å². The predicted molar refractivity (Wildman–Crippen MR) is 125 cm³/mol.